The molecule has 1 aliphatic heterocycles. The van der Waals surface area contributed by atoms with Crippen molar-refractivity contribution in [3.63, 3.8) is 0 Å². The van der Waals surface area contributed by atoms with Crippen LogP contribution in [0.2, 0.25) is 0 Å². The van der Waals surface area contributed by atoms with Crippen molar-refractivity contribution < 1.29 is 9.84 Å². The maximum absolute atomic E-state index is 10.5. The summed E-state index contributed by atoms with van der Waals surface area (Å²) in [6.07, 6.45) is 0.322. The Hall–Kier alpha value is -1.80. The van der Waals surface area contributed by atoms with Crippen molar-refractivity contribution >= 4 is 0 Å². The second-order valence-corrected chi connectivity index (χ2v) is 4.75. The summed E-state index contributed by atoms with van der Waals surface area (Å²) in [6, 6.07) is 14.0. The van der Waals surface area contributed by atoms with E-state index in [1.807, 2.05) is 43.3 Å². The molecule has 0 saturated carbocycles. The molecular weight excluding hydrogens is 224 g/mol. The lowest BCUT2D eigenvalue weighted by molar-refractivity contribution is 0.213. The van der Waals surface area contributed by atoms with Crippen LogP contribution in [0.5, 0.6) is 5.75 Å². The van der Waals surface area contributed by atoms with Crippen molar-refractivity contribution in [1.29, 1.82) is 0 Å². The molecule has 0 aliphatic carbocycles. The summed E-state index contributed by atoms with van der Waals surface area (Å²) in [5, 5.41) is 10.5. The van der Waals surface area contributed by atoms with E-state index in [1.165, 1.54) is 11.1 Å². The molecule has 1 aliphatic rings. The highest BCUT2D eigenvalue weighted by Gasteiger charge is 2.21. The first kappa shape index (κ1) is 11.3. The SMILES string of the molecule is Cc1ccc(C(O)c2cccc3c2OCC3)cc1. The van der Waals surface area contributed by atoms with E-state index in [9.17, 15) is 5.11 Å². The van der Waals surface area contributed by atoms with Crippen molar-refractivity contribution in [1.82, 2.24) is 0 Å². The number of aliphatic hydroxyl groups excluding tert-OH is 1. The minimum atomic E-state index is -0.612. The maximum atomic E-state index is 10.5. The van der Waals surface area contributed by atoms with Gasteiger partial charge >= 0.3 is 0 Å². The highest BCUT2D eigenvalue weighted by molar-refractivity contribution is 5.47. The van der Waals surface area contributed by atoms with Crippen LogP contribution in [0.1, 0.15) is 28.4 Å². The molecule has 3 rings (SSSR count). The Morgan fingerprint density at radius 1 is 1.11 bits per heavy atom. The van der Waals surface area contributed by atoms with Gasteiger partial charge in [0.25, 0.3) is 0 Å². The number of hydrogen-bond donors (Lipinski definition) is 1. The lowest BCUT2D eigenvalue weighted by Crippen LogP contribution is -2.02. The molecule has 0 amide bonds. The van der Waals surface area contributed by atoms with Gasteiger partial charge in [0, 0.05) is 12.0 Å². The molecule has 18 heavy (non-hydrogen) atoms. The molecule has 1 N–H and O–H groups in total. The Balaban J connectivity index is 2.00. The molecular formula is C16H16O2. The molecule has 0 fully saturated rings. The lowest BCUT2D eigenvalue weighted by atomic mass is 9.98. The third kappa shape index (κ3) is 1.89. The van der Waals surface area contributed by atoms with Gasteiger partial charge in [-0.15, -0.1) is 0 Å². The van der Waals surface area contributed by atoms with E-state index in [2.05, 4.69) is 6.07 Å². The summed E-state index contributed by atoms with van der Waals surface area (Å²) in [7, 11) is 0. The Labute approximate surface area is 107 Å². The number of fused-ring (bicyclic) bond motifs is 1. The zero-order chi connectivity index (χ0) is 12.5. The van der Waals surface area contributed by atoms with E-state index in [0.29, 0.717) is 6.61 Å². The molecule has 2 heteroatoms. The first-order chi connectivity index (χ1) is 8.75. The van der Waals surface area contributed by atoms with Crippen molar-refractivity contribution in [3.8, 4) is 5.75 Å². The van der Waals surface area contributed by atoms with Crippen molar-refractivity contribution in [2.45, 2.75) is 19.4 Å². The van der Waals surface area contributed by atoms with Crippen LogP contribution in [0.15, 0.2) is 42.5 Å². The number of rotatable bonds is 2. The molecule has 2 aromatic rings. The summed E-state index contributed by atoms with van der Waals surface area (Å²) in [5.41, 5.74) is 4.16. The van der Waals surface area contributed by atoms with Crippen molar-refractivity contribution in [3.05, 3.63) is 64.7 Å². The van der Waals surface area contributed by atoms with Crippen molar-refractivity contribution in [2.24, 2.45) is 0 Å². The zero-order valence-corrected chi connectivity index (χ0v) is 10.4. The van der Waals surface area contributed by atoms with E-state index in [0.717, 1.165) is 23.3 Å². The van der Waals surface area contributed by atoms with Crippen LogP contribution in [-0.2, 0) is 6.42 Å². The third-order valence-electron chi connectivity index (χ3n) is 3.43. The average Bonchev–Trinajstić information content (AvgIpc) is 2.87. The van der Waals surface area contributed by atoms with Gasteiger partial charge in [-0.2, -0.15) is 0 Å². The monoisotopic (exact) mass is 240 g/mol. The highest BCUT2D eigenvalue weighted by Crippen LogP contribution is 2.35. The standard InChI is InChI=1S/C16H16O2/c1-11-5-7-12(8-6-11)15(17)14-4-2-3-13-9-10-18-16(13)14/h2-8,15,17H,9-10H2,1H3. The van der Waals surface area contributed by atoms with Gasteiger partial charge in [-0.3, -0.25) is 0 Å². The molecule has 2 aromatic carbocycles. The summed E-state index contributed by atoms with van der Waals surface area (Å²) in [4.78, 5) is 0. The number of benzene rings is 2. The van der Waals surface area contributed by atoms with Crippen LogP contribution < -0.4 is 4.74 Å². The fraction of sp³-hybridized carbons (Fsp3) is 0.250. The maximum Gasteiger partial charge on any atom is 0.128 e. The second-order valence-electron chi connectivity index (χ2n) is 4.75. The third-order valence-corrected chi connectivity index (χ3v) is 3.43. The zero-order valence-electron chi connectivity index (χ0n) is 10.4. The van der Waals surface area contributed by atoms with Crippen LogP contribution in [0, 0.1) is 6.92 Å². The number of ether oxygens (including phenoxy) is 1. The molecule has 92 valence electrons. The Kier molecular flexibility index (Phi) is 2.80. The molecule has 1 heterocycles. The first-order valence-corrected chi connectivity index (χ1v) is 6.25. The molecule has 0 bridgehead atoms. The summed E-state index contributed by atoms with van der Waals surface area (Å²) >= 11 is 0. The average molecular weight is 240 g/mol. The summed E-state index contributed by atoms with van der Waals surface area (Å²) in [6.45, 7) is 2.76. The second kappa shape index (κ2) is 4.46. The van der Waals surface area contributed by atoms with Gasteiger partial charge in [0.1, 0.15) is 11.9 Å². The molecule has 0 aromatic heterocycles. The van der Waals surface area contributed by atoms with Gasteiger partial charge in [0.05, 0.1) is 6.61 Å². The van der Waals surface area contributed by atoms with Gasteiger partial charge in [-0.1, -0.05) is 48.0 Å². The quantitative estimate of drug-likeness (QED) is 0.874. The van der Waals surface area contributed by atoms with E-state index >= 15 is 0 Å². The van der Waals surface area contributed by atoms with Gasteiger partial charge < -0.3 is 9.84 Å². The molecule has 0 spiro atoms. The largest absolute Gasteiger partial charge is 0.493 e. The fourth-order valence-electron chi connectivity index (χ4n) is 2.38. The van der Waals surface area contributed by atoms with E-state index in [1.54, 1.807) is 0 Å². The molecule has 2 nitrogen and oxygen atoms in total. The van der Waals surface area contributed by atoms with Gasteiger partial charge in [0.2, 0.25) is 0 Å². The predicted octanol–water partition coefficient (Wildman–Crippen LogP) is 3.01. The number of aryl methyl sites for hydroxylation is 1. The minimum Gasteiger partial charge on any atom is -0.493 e. The minimum absolute atomic E-state index is 0.612. The predicted molar refractivity (Wildman–Crippen MR) is 70.9 cm³/mol. The van der Waals surface area contributed by atoms with Crippen LogP contribution in [0.25, 0.3) is 0 Å². The fourth-order valence-corrected chi connectivity index (χ4v) is 2.38. The number of hydrogen-bond acceptors (Lipinski definition) is 2. The van der Waals surface area contributed by atoms with Crippen LogP contribution in [-0.4, -0.2) is 11.7 Å². The summed E-state index contributed by atoms with van der Waals surface area (Å²) in [5.74, 6) is 0.866. The lowest BCUT2D eigenvalue weighted by Gasteiger charge is -2.15. The molecule has 0 radical (unpaired) electrons. The molecule has 1 atom stereocenters. The normalized spacial score (nSPS) is 15.0. The number of para-hydroxylation sites is 1. The smallest absolute Gasteiger partial charge is 0.128 e. The van der Waals surface area contributed by atoms with E-state index < -0.39 is 6.10 Å². The Morgan fingerprint density at radius 3 is 2.67 bits per heavy atom. The summed E-state index contributed by atoms with van der Waals surface area (Å²) < 4.78 is 5.64. The van der Waals surface area contributed by atoms with Crippen LogP contribution in [0.4, 0.5) is 0 Å². The van der Waals surface area contributed by atoms with Crippen LogP contribution >= 0.6 is 0 Å². The molecule has 1 unspecified atom stereocenters. The van der Waals surface area contributed by atoms with Crippen LogP contribution in [0.3, 0.4) is 0 Å². The topological polar surface area (TPSA) is 29.5 Å². The Morgan fingerprint density at radius 2 is 1.89 bits per heavy atom. The van der Waals surface area contributed by atoms with Gasteiger partial charge in [-0.25, -0.2) is 0 Å². The van der Waals surface area contributed by atoms with Crippen molar-refractivity contribution in [2.75, 3.05) is 6.61 Å². The van der Waals surface area contributed by atoms with E-state index in [-0.39, 0.29) is 0 Å². The van der Waals surface area contributed by atoms with Gasteiger partial charge in [-0.05, 0) is 18.1 Å². The van der Waals surface area contributed by atoms with Gasteiger partial charge in [0.15, 0.2) is 0 Å². The highest BCUT2D eigenvalue weighted by atomic mass is 16.5. The molecule has 0 saturated heterocycles. The Bertz CT molecular complexity index is 558. The van der Waals surface area contributed by atoms with E-state index in [4.69, 9.17) is 4.74 Å². The number of aliphatic hydroxyl groups is 1. The first-order valence-electron chi connectivity index (χ1n) is 6.25.